The van der Waals surface area contributed by atoms with Gasteiger partial charge < -0.3 is 15.2 Å². The largest absolute Gasteiger partial charge is 0.350 e. The lowest BCUT2D eigenvalue weighted by Gasteiger charge is -2.39. The van der Waals surface area contributed by atoms with Crippen LogP contribution in [0.3, 0.4) is 0 Å². The van der Waals surface area contributed by atoms with Gasteiger partial charge in [-0.15, -0.1) is 0 Å². The molecule has 1 aromatic heterocycles. The molecule has 2 aliphatic rings. The zero-order chi connectivity index (χ0) is 20.5. The number of hydrogen-bond donors (Lipinski definition) is 2. The summed E-state index contributed by atoms with van der Waals surface area (Å²) < 4.78 is 14.1. The van der Waals surface area contributed by atoms with Gasteiger partial charge >= 0.3 is 0 Å². The molecule has 1 aliphatic heterocycles. The number of benzene rings is 1. The number of carbonyl (C=O) groups is 2. The Balaban J connectivity index is 1.38. The second-order valence-corrected chi connectivity index (χ2v) is 8.78. The van der Waals surface area contributed by atoms with Crippen molar-refractivity contribution in [3.8, 4) is 0 Å². The van der Waals surface area contributed by atoms with Gasteiger partial charge in [0, 0.05) is 31.4 Å². The fourth-order valence-electron chi connectivity index (χ4n) is 5.18. The van der Waals surface area contributed by atoms with Crippen LogP contribution in [-0.2, 0) is 4.79 Å². The zero-order valence-corrected chi connectivity index (χ0v) is 17.3. The number of H-pyrrole nitrogens is 1. The number of piperidine rings is 1. The topological polar surface area (TPSA) is 65.2 Å². The van der Waals surface area contributed by atoms with Gasteiger partial charge in [0.2, 0.25) is 5.91 Å². The molecule has 1 saturated heterocycles. The molecule has 2 fully saturated rings. The highest BCUT2D eigenvalue weighted by molar-refractivity contribution is 5.99. The summed E-state index contributed by atoms with van der Waals surface area (Å²) in [5, 5.41) is 3.64. The first kappa shape index (κ1) is 19.9. The molecule has 2 amide bonds. The van der Waals surface area contributed by atoms with E-state index in [-0.39, 0.29) is 23.7 Å². The third-order valence-electron chi connectivity index (χ3n) is 6.90. The van der Waals surface area contributed by atoms with E-state index in [4.69, 9.17) is 0 Å². The Hall–Kier alpha value is -2.37. The number of fused-ring (bicyclic) bond motifs is 1. The summed E-state index contributed by atoms with van der Waals surface area (Å²) in [5.74, 6) is 0.940. The van der Waals surface area contributed by atoms with Crippen LogP contribution in [-0.4, -0.2) is 40.8 Å². The molecule has 2 heterocycles. The maximum atomic E-state index is 14.1. The van der Waals surface area contributed by atoms with Crippen LogP contribution >= 0.6 is 0 Å². The molecule has 156 valence electrons. The molecule has 0 bridgehead atoms. The van der Waals surface area contributed by atoms with Crippen LogP contribution in [0.2, 0.25) is 0 Å². The number of nitrogens with one attached hydrogen (secondary N) is 2. The maximum Gasteiger partial charge on any atom is 0.267 e. The van der Waals surface area contributed by atoms with E-state index < -0.39 is 0 Å². The molecule has 0 spiro atoms. The van der Waals surface area contributed by atoms with E-state index in [1.807, 2.05) is 11.8 Å². The molecule has 2 atom stereocenters. The number of carbonyl (C=O) groups excluding carboxylic acids is 2. The van der Waals surface area contributed by atoms with Gasteiger partial charge in [-0.1, -0.05) is 18.9 Å². The highest BCUT2D eigenvalue weighted by Crippen LogP contribution is 2.36. The molecule has 0 unspecified atom stereocenters. The lowest BCUT2D eigenvalue weighted by Crippen LogP contribution is -2.43. The first-order valence-corrected chi connectivity index (χ1v) is 10.8. The number of amides is 2. The number of aromatic amines is 1. The molecule has 2 N–H and O–H groups in total. The number of aromatic nitrogens is 1. The predicted molar refractivity (Wildman–Crippen MR) is 111 cm³/mol. The van der Waals surface area contributed by atoms with E-state index in [0.29, 0.717) is 28.4 Å². The van der Waals surface area contributed by atoms with E-state index in [1.54, 1.807) is 19.1 Å². The second-order valence-electron chi connectivity index (χ2n) is 8.78. The second kappa shape index (κ2) is 8.17. The van der Waals surface area contributed by atoms with Crippen molar-refractivity contribution in [2.45, 2.75) is 58.4 Å². The molecular formula is C23H30FN3O2. The van der Waals surface area contributed by atoms with Crippen LogP contribution in [0, 0.1) is 24.6 Å². The minimum atomic E-state index is -0.310. The number of hydrogen-bond acceptors (Lipinski definition) is 2. The van der Waals surface area contributed by atoms with Gasteiger partial charge in [0.1, 0.15) is 11.5 Å². The fourth-order valence-corrected chi connectivity index (χ4v) is 5.18. The van der Waals surface area contributed by atoms with Crippen molar-refractivity contribution in [1.29, 1.82) is 0 Å². The summed E-state index contributed by atoms with van der Waals surface area (Å²) in [6, 6.07) is 4.93. The van der Waals surface area contributed by atoms with Crippen molar-refractivity contribution in [2.75, 3.05) is 13.1 Å². The van der Waals surface area contributed by atoms with Gasteiger partial charge in [-0.05, 0) is 62.1 Å². The summed E-state index contributed by atoms with van der Waals surface area (Å²) in [7, 11) is 0. The number of halogens is 1. The Morgan fingerprint density at radius 2 is 1.90 bits per heavy atom. The smallest absolute Gasteiger partial charge is 0.267 e. The Labute approximate surface area is 171 Å². The molecule has 1 saturated carbocycles. The van der Waals surface area contributed by atoms with Gasteiger partial charge in [0.25, 0.3) is 5.91 Å². The van der Waals surface area contributed by atoms with Crippen LogP contribution in [0.4, 0.5) is 4.39 Å². The summed E-state index contributed by atoms with van der Waals surface area (Å²) in [6.07, 6.45) is 6.42. The maximum absolute atomic E-state index is 14.1. The Morgan fingerprint density at radius 3 is 2.59 bits per heavy atom. The van der Waals surface area contributed by atoms with Gasteiger partial charge in [-0.2, -0.15) is 0 Å². The number of aryl methyl sites for hydroxylation is 1. The molecule has 6 heteroatoms. The van der Waals surface area contributed by atoms with Gasteiger partial charge in [0.05, 0.1) is 5.52 Å². The third-order valence-corrected chi connectivity index (χ3v) is 6.90. The fraction of sp³-hybridized carbons (Fsp3) is 0.565. The van der Waals surface area contributed by atoms with Crippen LogP contribution in [0.1, 0.15) is 61.5 Å². The zero-order valence-electron chi connectivity index (χ0n) is 17.3. The van der Waals surface area contributed by atoms with Crippen LogP contribution in [0.15, 0.2) is 18.2 Å². The van der Waals surface area contributed by atoms with Crippen LogP contribution < -0.4 is 5.32 Å². The monoisotopic (exact) mass is 399 g/mol. The van der Waals surface area contributed by atoms with E-state index in [2.05, 4.69) is 10.3 Å². The minimum Gasteiger partial charge on any atom is -0.350 e. The molecule has 29 heavy (non-hydrogen) atoms. The quantitative estimate of drug-likeness (QED) is 0.814. The van der Waals surface area contributed by atoms with Crippen molar-refractivity contribution < 1.29 is 14.0 Å². The number of rotatable bonds is 3. The Kier molecular flexibility index (Phi) is 5.61. The average molecular weight is 400 g/mol. The van der Waals surface area contributed by atoms with Crippen molar-refractivity contribution in [3.05, 3.63) is 35.3 Å². The van der Waals surface area contributed by atoms with Crippen LogP contribution in [0.25, 0.3) is 10.9 Å². The third kappa shape index (κ3) is 4.16. The van der Waals surface area contributed by atoms with Crippen molar-refractivity contribution in [3.63, 3.8) is 0 Å². The Bertz CT molecular complexity index is 875. The first-order valence-electron chi connectivity index (χ1n) is 10.8. The van der Waals surface area contributed by atoms with E-state index >= 15 is 0 Å². The lowest BCUT2D eigenvalue weighted by molar-refractivity contribution is -0.130. The van der Waals surface area contributed by atoms with E-state index in [1.165, 1.54) is 12.5 Å². The Morgan fingerprint density at radius 1 is 1.14 bits per heavy atom. The molecule has 1 aliphatic carbocycles. The highest BCUT2D eigenvalue weighted by Gasteiger charge is 2.32. The average Bonchev–Trinajstić information content (AvgIpc) is 3.18. The van der Waals surface area contributed by atoms with Crippen LogP contribution in [0.5, 0.6) is 0 Å². The summed E-state index contributed by atoms with van der Waals surface area (Å²) in [6.45, 7) is 5.26. The molecule has 5 nitrogen and oxygen atoms in total. The summed E-state index contributed by atoms with van der Waals surface area (Å²) in [4.78, 5) is 29.4. The lowest BCUT2D eigenvalue weighted by atomic mass is 9.74. The van der Waals surface area contributed by atoms with E-state index in [0.717, 1.165) is 50.8 Å². The van der Waals surface area contributed by atoms with Crippen molar-refractivity contribution in [1.82, 2.24) is 15.2 Å². The van der Waals surface area contributed by atoms with Gasteiger partial charge in [0.15, 0.2) is 0 Å². The van der Waals surface area contributed by atoms with Crippen molar-refractivity contribution >= 4 is 22.7 Å². The summed E-state index contributed by atoms with van der Waals surface area (Å²) in [5.41, 5.74) is 2.04. The normalized spacial score (nSPS) is 23.3. The molecule has 1 aromatic carbocycles. The number of nitrogens with zero attached hydrogens (tertiary/aromatic N) is 1. The standard InChI is InChI=1S/C23H30FN3O2/c1-14-6-7-20(24)19-13-21(26-22(14)19)23(29)25-18-5-3-4-17(12-18)16-8-10-27(11-9-16)15(2)28/h6-7,13,16-18,26H,3-5,8-12H2,1-2H3,(H,25,29)/t17-,18+/m0/s1. The summed E-state index contributed by atoms with van der Waals surface area (Å²) >= 11 is 0. The first-order chi connectivity index (χ1) is 13.9. The van der Waals surface area contributed by atoms with Gasteiger partial charge in [-0.3, -0.25) is 9.59 Å². The van der Waals surface area contributed by atoms with Crippen molar-refractivity contribution in [2.24, 2.45) is 11.8 Å². The van der Waals surface area contributed by atoms with E-state index in [9.17, 15) is 14.0 Å². The highest BCUT2D eigenvalue weighted by atomic mass is 19.1. The SMILES string of the molecule is CC(=O)N1CCC([C@H]2CCC[C@@H](NC(=O)c3cc4c(F)ccc(C)c4[nH]3)C2)CC1. The molecule has 4 rings (SSSR count). The molecule has 2 aromatic rings. The van der Waals surface area contributed by atoms with Gasteiger partial charge in [-0.25, -0.2) is 4.39 Å². The predicted octanol–water partition coefficient (Wildman–Crippen LogP) is 4.16. The molecule has 0 radical (unpaired) electrons. The molecular weight excluding hydrogens is 369 g/mol. The minimum absolute atomic E-state index is 0.156. The number of likely N-dealkylation sites (tertiary alicyclic amines) is 1.